The van der Waals surface area contributed by atoms with Crippen LogP contribution in [0.4, 0.5) is 4.79 Å². The fourth-order valence-electron chi connectivity index (χ4n) is 4.09. The van der Waals surface area contributed by atoms with Crippen molar-refractivity contribution in [2.24, 2.45) is 5.92 Å². The highest BCUT2D eigenvalue weighted by atomic mass is 16.7. The first kappa shape index (κ1) is 21.7. The molecular weight excluding hydrogens is 386 g/mol. The molecule has 0 bridgehead atoms. The lowest BCUT2D eigenvalue weighted by atomic mass is 9.83. The molecule has 0 saturated carbocycles. The van der Waals surface area contributed by atoms with Gasteiger partial charge in [-0.3, -0.25) is 4.79 Å². The Hall–Kier alpha value is -2.96. The van der Waals surface area contributed by atoms with Gasteiger partial charge >= 0.3 is 12.1 Å². The largest absolute Gasteiger partial charge is 0.466 e. The smallest absolute Gasteiger partial charge is 0.410 e. The van der Waals surface area contributed by atoms with Crippen LogP contribution in [0.5, 0.6) is 11.5 Å². The maximum absolute atomic E-state index is 13.0. The number of hydrogen-bond acceptors (Lipinski definition) is 6. The zero-order valence-corrected chi connectivity index (χ0v) is 17.6. The number of fused-ring (bicyclic) bond motifs is 1. The molecular formula is C23H29NO6. The minimum atomic E-state index is -0.513. The Morgan fingerprint density at radius 2 is 2.03 bits per heavy atom. The van der Waals surface area contributed by atoms with E-state index in [4.69, 9.17) is 18.9 Å². The van der Waals surface area contributed by atoms with Crippen molar-refractivity contribution in [1.82, 2.24) is 4.90 Å². The third-order valence-electron chi connectivity index (χ3n) is 5.45. The van der Waals surface area contributed by atoms with Crippen molar-refractivity contribution in [3.05, 3.63) is 48.6 Å². The second kappa shape index (κ2) is 9.69. The SMILES string of the molecule is C=CCOC(=O)N1C[C@H](c2ccc3c(c2)OCO3)[C@@H](C(=O)OCC)[C@@H]1CCC(=C)C. The molecule has 7 heteroatoms. The standard InChI is InChI=1S/C23H29NO6/c1-5-11-28-23(26)24-13-17(16-8-10-19-20(12-16)30-14-29-19)21(22(25)27-6-2)18(24)9-7-15(3)4/h5,8,10,12,17-18,21H,1,3,6-7,9,11,13-14H2,2,4H3/t17-,18+,21-/m1/s1. The van der Waals surface area contributed by atoms with Crippen molar-refractivity contribution in [2.75, 3.05) is 26.6 Å². The molecule has 2 heterocycles. The van der Waals surface area contributed by atoms with Gasteiger partial charge in [0, 0.05) is 18.5 Å². The predicted molar refractivity (Wildman–Crippen MR) is 112 cm³/mol. The molecule has 0 aromatic heterocycles. The van der Waals surface area contributed by atoms with Crippen LogP contribution in [-0.4, -0.2) is 49.6 Å². The van der Waals surface area contributed by atoms with E-state index in [9.17, 15) is 9.59 Å². The number of esters is 1. The van der Waals surface area contributed by atoms with Crippen LogP contribution in [0.1, 0.15) is 38.2 Å². The molecule has 0 radical (unpaired) electrons. The Morgan fingerprint density at radius 3 is 2.73 bits per heavy atom. The highest BCUT2D eigenvalue weighted by Crippen LogP contribution is 2.43. The average Bonchev–Trinajstić information content (AvgIpc) is 3.34. The third kappa shape index (κ3) is 4.61. The summed E-state index contributed by atoms with van der Waals surface area (Å²) in [5.41, 5.74) is 1.89. The van der Waals surface area contributed by atoms with Gasteiger partial charge in [0.1, 0.15) is 6.61 Å². The van der Waals surface area contributed by atoms with E-state index >= 15 is 0 Å². The van der Waals surface area contributed by atoms with Gasteiger partial charge in [-0.2, -0.15) is 0 Å². The minimum Gasteiger partial charge on any atom is -0.466 e. The summed E-state index contributed by atoms with van der Waals surface area (Å²) in [7, 11) is 0. The molecule has 30 heavy (non-hydrogen) atoms. The van der Waals surface area contributed by atoms with E-state index in [1.54, 1.807) is 11.8 Å². The summed E-state index contributed by atoms with van der Waals surface area (Å²) in [6.45, 7) is 12.2. The maximum Gasteiger partial charge on any atom is 0.410 e. The van der Waals surface area contributed by atoms with Gasteiger partial charge in [-0.05, 0) is 44.4 Å². The van der Waals surface area contributed by atoms with Crippen LogP contribution in [0.2, 0.25) is 0 Å². The number of likely N-dealkylation sites (tertiary alicyclic amines) is 1. The van der Waals surface area contributed by atoms with Crippen molar-refractivity contribution in [3.63, 3.8) is 0 Å². The van der Waals surface area contributed by atoms with E-state index in [2.05, 4.69) is 13.2 Å². The van der Waals surface area contributed by atoms with Gasteiger partial charge in [0.05, 0.1) is 12.5 Å². The Bertz CT molecular complexity index is 820. The first-order chi connectivity index (χ1) is 14.5. The second-order valence-corrected chi connectivity index (χ2v) is 7.58. The summed E-state index contributed by atoms with van der Waals surface area (Å²) >= 11 is 0. The highest BCUT2D eigenvalue weighted by molar-refractivity contribution is 5.78. The minimum absolute atomic E-state index is 0.112. The molecule has 0 unspecified atom stereocenters. The third-order valence-corrected chi connectivity index (χ3v) is 5.45. The van der Waals surface area contributed by atoms with E-state index in [0.717, 1.165) is 11.1 Å². The first-order valence-electron chi connectivity index (χ1n) is 10.2. The summed E-state index contributed by atoms with van der Waals surface area (Å²) < 4.78 is 21.6. The van der Waals surface area contributed by atoms with Crippen LogP contribution in [0.25, 0.3) is 0 Å². The van der Waals surface area contributed by atoms with Crippen LogP contribution in [0, 0.1) is 5.92 Å². The summed E-state index contributed by atoms with van der Waals surface area (Å²) in [6.07, 6.45) is 2.36. The number of hydrogen-bond donors (Lipinski definition) is 0. The van der Waals surface area contributed by atoms with E-state index < -0.39 is 12.0 Å². The van der Waals surface area contributed by atoms with Gasteiger partial charge in [-0.1, -0.05) is 24.3 Å². The lowest BCUT2D eigenvalue weighted by Gasteiger charge is -2.27. The van der Waals surface area contributed by atoms with Gasteiger partial charge in [0.25, 0.3) is 0 Å². The average molecular weight is 415 g/mol. The topological polar surface area (TPSA) is 74.3 Å². The van der Waals surface area contributed by atoms with Crippen LogP contribution < -0.4 is 9.47 Å². The Morgan fingerprint density at radius 1 is 1.27 bits per heavy atom. The number of allylic oxidation sites excluding steroid dienone is 1. The Balaban J connectivity index is 1.95. The summed E-state index contributed by atoms with van der Waals surface area (Å²) in [6, 6.07) is 5.28. The highest BCUT2D eigenvalue weighted by Gasteiger charge is 2.49. The van der Waals surface area contributed by atoms with Crippen LogP contribution in [0.15, 0.2) is 43.0 Å². The Kier molecular flexibility index (Phi) is 7.03. The molecule has 7 nitrogen and oxygen atoms in total. The molecule has 3 atom stereocenters. The molecule has 2 aliphatic heterocycles. The van der Waals surface area contributed by atoms with Gasteiger partial charge in [-0.25, -0.2) is 4.79 Å². The van der Waals surface area contributed by atoms with E-state index in [-0.39, 0.29) is 37.9 Å². The van der Waals surface area contributed by atoms with Crippen molar-refractivity contribution in [1.29, 1.82) is 0 Å². The molecule has 0 aliphatic carbocycles. The maximum atomic E-state index is 13.0. The second-order valence-electron chi connectivity index (χ2n) is 7.58. The zero-order chi connectivity index (χ0) is 21.7. The number of rotatable bonds is 8. The van der Waals surface area contributed by atoms with Crippen LogP contribution >= 0.6 is 0 Å². The quantitative estimate of drug-likeness (QED) is 0.471. The Labute approximate surface area is 177 Å². The number of nitrogens with zero attached hydrogens (tertiary/aromatic N) is 1. The summed E-state index contributed by atoms with van der Waals surface area (Å²) in [5.74, 6) is 0.239. The zero-order valence-electron chi connectivity index (χ0n) is 17.6. The number of carbonyl (C=O) groups excluding carboxylic acids is 2. The lowest BCUT2D eigenvalue weighted by Crippen LogP contribution is -2.40. The monoisotopic (exact) mass is 415 g/mol. The van der Waals surface area contributed by atoms with Gasteiger partial charge < -0.3 is 23.8 Å². The first-order valence-corrected chi connectivity index (χ1v) is 10.2. The molecule has 1 aromatic carbocycles. The van der Waals surface area contributed by atoms with E-state index in [1.807, 2.05) is 25.1 Å². The number of carbonyl (C=O) groups is 2. The molecule has 3 rings (SSSR count). The van der Waals surface area contributed by atoms with Crippen LogP contribution in [-0.2, 0) is 14.3 Å². The van der Waals surface area contributed by atoms with Crippen molar-refractivity contribution in [2.45, 2.75) is 38.6 Å². The molecule has 1 amide bonds. The summed E-state index contributed by atoms with van der Waals surface area (Å²) in [5, 5.41) is 0. The van der Waals surface area contributed by atoms with Crippen LogP contribution in [0.3, 0.4) is 0 Å². The fourth-order valence-corrected chi connectivity index (χ4v) is 4.09. The number of benzene rings is 1. The fraction of sp³-hybridized carbons (Fsp3) is 0.478. The number of amides is 1. The lowest BCUT2D eigenvalue weighted by molar-refractivity contribution is -0.149. The van der Waals surface area contributed by atoms with Gasteiger partial charge in [0.15, 0.2) is 11.5 Å². The molecule has 0 N–H and O–H groups in total. The molecule has 0 spiro atoms. The molecule has 1 fully saturated rings. The van der Waals surface area contributed by atoms with E-state index in [1.165, 1.54) is 6.08 Å². The van der Waals surface area contributed by atoms with Crippen molar-refractivity contribution >= 4 is 12.1 Å². The predicted octanol–water partition coefficient (Wildman–Crippen LogP) is 4.04. The summed E-state index contributed by atoms with van der Waals surface area (Å²) in [4.78, 5) is 27.4. The molecule has 1 aromatic rings. The molecule has 1 saturated heterocycles. The van der Waals surface area contributed by atoms with E-state index in [0.29, 0.717) is 30.9 Å². The normalized spacial score (nSPS) is 21.9. The van der Waals surface area contributed by atoms with Gasteiger partial charge in [0.2, 0.25) is 6.79 Å². The van der Waals surface area contributed by atoms with Crippen molar-refractivity contribution in [3.8, 4) is 11.5 Å². The number of ether oxygens (including phenoxy) is 4. The molecule has 162 valence electrons. The van der Waals surface area contributed by atoms with Gasteiger partial charge in [-0.15, -0.1) is 6.58 Å². The van der Waals surface area contributed by atoms with Crippen molar-refractivity contribution < 1.29 is 28.5 Å². The molecule has 2 aliphatic rings.